The van der Waals surface area contributed by atoms with E-state index in [-0.39, 0.29) is 16.3 Å². The Labute approximate surface area is 115 Å². The van der Waals surface area contributed by atoms with Crippen molar-refractivity contribution in [1.29, 1.82) is 0 Å². The summed E-state index contributed by atoms with van der Waals surface area (Å²) in [6.45, 7) is 3.54. The average molecular weight is 289 g/mol. The van der Waals surface area contributed by atoms with Gasteiger partial charge in [0.1, 0.15) is 11.0 Å². The number of piperidine rings is 1. The molecule has 7 heteroatoms. The smallest absolute Gasteiger partial charge is 0.232 e. The predicted octanol–water partition coefficient (Wildman–Crippen LogP) is 2.11. The van der Waals surface area contributed by atoms with Gasteiger partial charge in [0.25, 0.3) is 0 Å². The summed E-state index contributed by atoms with van der Waals surface area (Å²) in [5.41, 5.74) is -0.428. The highest BCUT2D eigenvalue weighted by Gasteiger charge is 2.34. The Kier molecular flexibility index (Phi) is 4.04. The van der Waals surface area contributed by atoms with Crippen LogP contribution < -0.4 is 10.6 Å². The summed E-state index contributed by atoms with van der Waals surface area (Å²) < 4.78 is 0. The van der Waals surface area contributed by atoms with Crippen LogP contribution in [0.5, 0.6) is 0 Å². The Balaban J connectivity index is 2.10. The van der Waals surface area contributed by atoms with Crippen molar-refractivity contribution in [3.63, 3.8) is 0 Å². The molecule has 0 aromatic carbocycles. The number of hydrogen-bond acceptors (Lipinski definition) is 4. The molecule has 1 aliphatic rings. The van der Waals surface area contributed by atoms with E-state index in [1.165, 1.54) is 6.07 Å². The molecule has 0 bridgehead atoms. The Morgan fingerprint density at radius 3 is 2.89 bits per heavy atom. The molecule has 5 nitrogen and oxygen atoms in total. The summed E-state index contributed by atoms with van der Waals surface area (Å²) in [6, 6.07) is 1.48. The zero-order chi connectivity index (χ0) is 13.2. The Hall–Kier alpha value is -0.910. The maximum Gasteiger partial charge on any atom is 0.232 e. The Morgan fingerprint density at radius 1 is 1.50 bits per heavy atom. The molecule has 1 atom stereocenters. The fraction of sp³-hybridized carbons (Fsp3) is 0.545. The number of amides is 1. The first-order valence-corrected chi connectivity index (χ1v) is 6.47. The molecule has 98 valence electrons. The van der Waals surface area contributed by atoms with E-state index in [0.29, 0.717) is 12.4 Å². The minimum Gasteiger partial charge on any atom is -0.316 e. The number of rotatable bonds is 2. The maximum atomic E-state index is 12.2. The third kappa shape index (κ3) is 3.10. The molecule has 1 saturated heterocycles. The van der Waals surface area contributed by atoms with Crippen LogP contribution in [0.4, 0.5) is 5.82 Å². The van der Waals surface area contributed by atoms with E-state index in [1.54, 1.807) is 0 Å². The second kappa shape index (κ2) is 5.38. The maximum absolute atomic E-state index is 12.2. The van der Waals surface area contributed by atoms with Crippen molar-refractivity contribution in [2.24, 2.45) is 5.41 Å². The second-order valence-electron chi connectivity index (χ2n) is 4.64. The van der Waals surface area contributed by atoms with Gasteiger partial charge >= 0.3 is 0 Å². The van der Waals surface area contributed by atoms with Crippen LogP contribution in [-0.2, 0) is 4.79 Å². The highest BCUT2D eigenvalue weighted by atomic mass is 35.5. The lowest BCUT2D eigenvalue weighted by atomic mass is 9.82. The highest BCUT2D eigenvalue weighted by molar-refractivity contribution is 6.32. The molecule has 1 aromatic heterocycles. The molecule has 1 fully saturated rings. The van der Waals surface area contributed by atoms with E-state index in [4.69, 9.17) is 23.2 Å². The molecule has 18 heavy (non-hydrogen) atoms. The number of halogens is 2. The molecule has 1 unspecified atom stereocenters. The van der Waals surface area contributed by atoms with Gasteiger partial charge < -0.3 is 10.6 Å². The van der Waals surface area contributed by atoms with E-state index < -0.39 is 5.41 Å². The van der Waals surface area contributed by atoms with Crippen molar-refractivity contribution in [3.05, 3.63) is 16.5 Å². The lowest BCUT2D eigenvalue weighted by Crippen LogP contribution is -2.46. The summed E-state index contributed by atoms with van der Waals surface area (Å²) in [5, 5.41) is 6.18. The minimum atomic E-state index is -0.428. The van der Waals surface area contributed by atoms with Gasteiger partial charge in [-0.2, -0.15) is 0 Å². The van der Waals surface area contributed by atoms with Gasteiger partial charge in [0.05, 0.1) is 5.41 Å². The van der Waals surface area contributed by atoms with Crippen LogP contribution in [0.15, 0.2) is 6.07 Å². The van der Waals surface area contributed by atoms with E-state index in [0.717, 1.165) is 19.4 Å². The van der Waals surface area contributed by atoms with Gasteiger partial charge in [-0.05, 0) is 37.9 Å². The van der Waals surface area contributed by atoms with Gasteiger partial charge in [-0.25, -0.2) is 9.97 Å². The lowest BCUT2D eigenvalue weighted by Gasteiger charge is -2.32. The number of anilines is 1. The van der Waals surface area contributed by atoms with Crippen molar-refractivity contribution >= 4 is 34.9 Å². The van der Waals surface area contributed by atoms with E-state index in [2.05, 4.69) is 20.6 Å². The SMILES string of the molecule is CC1(C(=O)Nc2cc(Cl)nc(Cl)n2)CCCNC1. The van der Waals surface area contributed by atoms with Gasteiger partial charge in [-0.3, -0.25) is 4.79 Å². The second-order valence-corrected chi connectivity index (χ2v) is 5.37. The topological polar surface area (TPSA) is 66.9 Å². The van der Waals surface area contributed by atoms with Crippen LogP contribution in [0.3, 0.4) is 0 Å². The van der Waals surface area contributed by atoms with E-state index >= 15 is 0 Å². The fourth-order valence-corrected chi connectivity index (χ4v) is 2.38. The van der Waals surface area contributed by atoms with Crippen LogP contribution >= 0.6 is 23.2 Å². The number of hydrogen-bond donors (Lipinski definition) is 2. The third-order valence-corrected chi connectivity index (χ3v) is 3.42. The normalized spacial score (nSPS) is 23.7. The summed E-state index contributed by atoms with van der Waals surface area (Å²) in [4.78, 5) is 19.9. The van der Waals surface area contributed by atoms with Crippen molar-refractivity contribution in [3.8, 4) is 0 Å². The summed E-state index contributed by atoms with van der Waals surface area (Å²) in [6.07, 6.45) is 1.83. The monoisotopic (exact) mass is 288 g/mol. The van der Waals surface area contributed by atoms with Gasteiger partial charge in [0, 0.05) is 12.6 Å². The third-order valence-electron chi connectivity index (χ3n) is 3.05. The van der Waals surface area contributed by atoms with Gasteiger partial charge in [0.15, 0.2) is 0 Å². The molecule has 2 rings (SSSR count). The first kappa shape index (κ1) is 13.5. The molecule has 0 spiro atoms. The van der Waals surface area contributed by atoms with Crippen molar-refractivity contribution in [2.45, 2.75) is 19.8 Å². The molecular weight excluding hydrogens is 275 g/mol. The number of nitrogens with zero attached hydrogens (tertiary/aromatic N) is 2. The summed E-state index contributed by atoms with van der Waals surface area (Å²) >= 11 is 11.4. The average Bonchev–Trinajstić information content (AvgIpc) is 2.28. The largest absolute Gasteiger partial charge is 0.316 e. The van der Waals surface area contributed by atoms with Crippen molar-refractivity contribution in [1.82, 2.24) is 15.3 Å². The quantitative estimate of drug-likeness (QED) is 0.646. The van der Waals surface area contributed by atoms with Crippen LogP contribution in [-0.4, -0.2) is 29.0 Å². The molecule has 2 heterocycles. The number of nitrogens with one attached hydrogen (secondary N) is 2. The number of carbonyl (C=O) groups is 1. The number of carbonyl (C=O) groups excluding carboxylic acids is 1. The molecule has 1 amide bonds. The lowest BCUT2D eigenvalue weighted by molar-refractivity contribution is -0.125. The van der Waals surface area contributed by atoms with E-state index in [9.17, 15) is 4.79 Å². The molecule has 2 N–H and O–H groups in total. The summed E-state index contributed by atoms with van der Waals surface area (Å²) in [7, 11) is 0. The molecule has 0 radical (unpaired) electrons. The Morgan fingerprint density at radius 2 is 2.28 bits per heavy atom. The zero-order valence-corrected chi connectivity index (χ0v) is 11.5. The zero-order valence-electron chi connectivity index (χ0n) is 9.96. The first-order chi connectivity index (χ1) is 8.49. The van der Waals surface area contributed by atoms with Crippen LogP contribution in [0.1, 0.15) is 19.8 Å². The fourth-order valence-electron chi connectivity index (χ4n) is 1.97. The van der Waals surface area contributed by atoms with Crippen LogP contribution in [0, 0.1) is 5.41 Å². The predicted molar refractivity (Wildman–Crippen MR) is 70.9 cm³/mol. The van der Waals surface area contributed by atoms with Crippen molar-refractivity contribution < 1.29 is 4.79 Å². The van der Waals surface area contributed by atoms with Crippen LogP contribution in [0.25, 0.3) is 0 Å². The minimum absolute atomic E-state index is 0.0183. The van der Waals surface area contributed by atoms with E-state index in [1.807, 2.05) is 6.92 Å². The molecule has 0 saturated carbocycles. The molecule has 1 aromatic rings. The van der Waals surface area contributed by atoms with Gasteiger partial charge in [0.2, 0.25) is 11.2 Å². The standard InChI is InChI=1S/C11H14Cl2N4O/c1-11(3-2-4-14-6-11)9(18)16-8-5-7(12)15-10(13)17-8/h5,14H,2-4,6H2,1H3,(H,15,16,17,18). The van der Waals surface area contributed by atoms with Gasteiger partial charge in [-0.1, -0.05) is 11.6 Å². The summed E-state index contributed by atoms with van der Waals surface area (Å²) in [5.74, 6) is 0.248. The molecular formula is C11H14Cl2N4O. The van der Waals surface area contributed by atoms with Crippen LogP contribution in [0.2, 0.25) is 10.4 Å². The van der Waals surface area contributed by atoms with Crippen molar-refractivity contribution in [2.75, 3.05) is 18.4 Å². The van der Waals surface area contributed by atoms with Gasteiger partial charge in [-0.15, -0.1) is 0 Å². The molecule has 1 aliphatic heterocycles. The highest BCUT2D eigenvalue weighted by Crippen LogP contribution is 2.27. The number of aromatic nitrogens is 2. The molecule has 0 aliphatic carbocycles. The Bertz CT molecular complexity index is 440. The first-order valence-electron chi connectivity index (χ1n) is 5.72.